The number of nitrogens with one attached hydrogen (secondary N) is 2. The van der Waals surface area contributed by atoms with Gasteiger partial charge in [-0.1, -0.05) is 0 Å². The molecule has 1 unspecified atom stereocenters. The molecule has 33 heavy (non-hydrogen) atoms. The molecule has 1 aromatic carbocycles. The number of halogens is 3. The monoisotopic (exact) mass is 460 g/mol. The summed E-state index contributed by atoms with van der Waals surface area (Å²) in [6.45, 7) is 0.634. The van der Waals surface area contributed by atoms with Crippen molar-refractivity contribution in [3.63, 3.8) is 0 Å². The van der Waals surface area contributed by atoms with Gasteiger partial charge in [0.2, 0.25) is 5.88 Å². The number of alkyl halides is 3. The third-order valence-corrected chi connectivity index (χ3v) is 4.90. The minimum Gasteiger partial charge on any atom is -0.439 e. The Kier molecular flexibility index (Phi) is 6.11. The lowest BCUT2D eigenvalue weighted by atomic mass is 10.2. The Balaban J connectivity index is 1.53. The van der Waals surface area contributed by atoms with Crippen LogP contribution in [0.15, 0.2) is 48.7 Å². The number of aliphatic hydroxyl groups is 1. The molecule has 1 aliphatic heterocycles. The summed E-state index contributed by atoms with van der Waals surface area (Å²) in [5.74, 6) is 0.137. The number of carbonyl (C=O) groups excluding carboxylic acids is 1. The number of primary amides is 1. The molecule has 3 heterocycles. The van der Waals surface area contributed by atoms with Gasteiger partial charge in [0.05, 0.1) is 11.6 Å². The number of carbonyl (C=O) groups is 1. The summed E-state index contributed by atoms with van der Waals surface area (Å²) in [5, 5.41) is 15.9. The number of pyridine rings is 1. The standard InChI is InChI=1S/C21H19F3N6O3/c22-21(23,24)12-3-6-17(27-10-12)33-13-4-1-11(2-5-13)19-29-15(18(25)31)9-16(30-19)28-14-7-8-26-20(14)32/h1-6,9-10,14,20,26,32H,7-8H2,(H2,25,31)(H,28,29,30)/t14-,20?/m0/s1. The van der Waals surface area contributed by atoms with Gasteiger partial charge in [0.1, 0.15) is 23.5 Å². The summed E-state index contributed by atoms with van der Waals surface area (Å²) in [6, 6.07) is 9.49. The molecule has 1 aliphatic rings. The number of anilines is 1. The third kappa shape index (κ3) is 5.35. The van der Waals surface area contributed by atoms with Crippen molar-refractivity contribution < 1.29 is 27.8 Å². The van der Waals surface area contributed by atoms with E-state index in [1.54, 1.807) is 24.3 Å². The van der Waals surface area contributed by atoms with Crippen molar-refractivity contribution in [2.24, 2.45) is 5.73 Å². The summed E-state index contributed by atoms with van der Waals surface area (Å²) < 4.78 is 43.4. The number of nitrogens with zero attached hydrogens (tertiary/aromatic N) is 3. The lowest BCUT2D eigenvalue weighted by Crippen LogP contribution is -2.35. The Labute approximate surface area is 185 Å². The second-order valence-electron chi connectivity index (χ2n) is 7.27. The summed E-state index contributed by atoms with van der Waals surface area (Å²) in [7, 11) is 0. The smallest absolute Gasteiger partial charge is 0.417 e. The predicted octanol–water partition coefficient (Wildman–Crippen LogP) is 2.54. The highest BCUT2D eigenvalue weighted by molar-refractivity contribution is 5.92. The predicted molar refractivity (Wildman–Crippen MR) is 111 cm³/mol. The topological polar surface area (TPSA) is 135 Å². The van der Waals surface area contributed by atoms with Gasteiger partial charge in [-0.25, -0.2) is 15.0 Å². The van der Waals surface area contributed by atoms with Gasteiger partial charge in [-0.2, -0.15) is 13.2 Å². The van der Waals surface area contributed by atoms with Crippen molar-refractivity contribution in [3.8, 4) is 23.0 Å². The SMILES string of the molecule is NC(=O)c1cc(N[C@H]2CCNC2O)nc(-c2ccc(Oc3ccc(C(F)(F)F)cn3)cc2)n1. The van der Waals surface area contributed by atoms with Gasteiger partial charge in [-0.05, 0) is 43.3 Å². The van der Waals surface area contributed by atoms with Crippen LogP contribution in [0.4, 0.5) is 19.0 Å². The molecule has 9 nitrogen and oxygen atoms in total. The number of nitrogens with two attached hydrogens (primary N) is 1. The first-order valence-electron chi connectivity index (χ1n) is 9.87. The molecular formula is C21H19F3N6O3. The van der Waals surface area contributed by atoms with E-state index in [1.165, 1.54) is 6.07 Å². The first-order chi connectivity index (χ1) is 15.7. The van der Waals surface area contributed by atoms with Gasteiger partial charge in [0.25, 0.3) is 5.91 Å². The molecule has 5 N–H and O–H groups in total. The molecule has 4 rings (SSSR count). The van der Waals surface area contributed by atoms with Crippen LogP contribution in [0.3, 0.4) is 0 Å². The van der Waals surface area contributed by atoms with Gasteiger partial charge < -0.3 is 20.9 Å². The first-order valence-corrected chi connectivity index (χ1v) is 9.87. The maximum absolute atomic E-state index is 12.6. The molecule has 3 aromatic rings. The molecular weight excluding hydrogens is 441 g/mol. The number of amides is 1. The Morgan fingerprint density at radius 1 is 1.18 bits per heavy atom. The van der Waals surface area contributed by atoms with Gasteiger partial charge in [-0.15, -0.1) is 0 Å². The molecule has 0 radical (unpaired) electrons. The molecule has 0 bridgehead atoms. The fourth-order valence-corrected chi connectivity index (χ4v) is 3.21. The molecule has 1 fully saturated rings. The molecule has 0 spiro atoms. The fraction of sp³-hybridized carbons (Fsp3) is 0.238. The van der Waals surface area contributed by atoms with Crippen LogP contribution in [-0.2, 0) is 6.18 Å². The van der Waals surface area contributed by atoms with Crippen molar-refractivity contribution >= 4 is 11.7 Å². The van der Waals surface area contributed by atoms with E-state index in [1.807, 2.05) is 0 Å². The molecule has 172 valence electrons. The fourth-order valence-electron chi connectivity index (χ4n) is 3.21. The van der Waals surface area contributed by atoms with E-state index in [4.69, 9.17) is 10.5 Å². The van der Waals surface area contributed by atoms with Gasteiger partial charge in [-0.3, -0.25) is 10.1 Å². The number of aliphatic hydroxyl groups excluding tert-OH is 1. The molecule has 0 aliphatic carbocycles. The molecule has 1 saturated heterocycles. The summed E-state index contributed by atoms with van der Waals surface area (Å²) in [4.78, 5) is 24.0. The Bertz CT molecular complexity index is 1140. The van der Waals surface area contributed by atoms with Gasteiger partial charge >= 0.3 is 6.18 Å². The van der Waals surface area contributed by atoms with E-state index in [2.05, 4.69) is 25.6 Å². The molecule has 0 saturated carbocycles. The average molecular weight is 460 g/mol. The highest BCUT2D eigenvalue weighted by Crippen LogP contribution is 2.30. The van der Waals surface area contributed by atoms with Crippen molar-refractivity contribution in [2.75, 3.05) is 11.9 Å². The van der Waals surface area contributed by atoms with Crippen LogP contribution in [0.5, 0.6) is 11.6 Å². The minimum absolute atomic E-state index is 0.00190. The van der Waals surface area contributed by atoms with E-state index < -0.39 is 23.9 Å². The maximum Gasteiger partial charge on any atom is 0.417 e. The van der Waals surface area contributed by atoms with E-state index >= 15 is 0 Å². The Hall–Kier alpha value is -3.77. The van der Waals surface area contributed by atoms with Crippen LogP contribution in [0.1, 0.15) is 22.5 Å². The lowest BCUT2D eigenvalue weighted by Gasteiger charge is -2.17. The lowest BCUT2D eigenvalue weighted by molar-refractivity contribution is -0.137. The molecule has 2 aromatic heterocycles. The van der Waals surface area contributed by atoms with Crippen LogP contribution in [-0.4, -0.2) is 44.8 Å². The zero-order valence-corrected chi connectivity index (χ0v) is 17.0. The minimum atomic E-state index is -4.48. The van der Waals surface area contributed by atoms with Crippen LogP contribution in [0, 0.1) is 0 Å². The normalized spacial score (nSPS) is 18.2. The highest BCUT2D eigenvalue weighted by Gasteiger charge is 2.30. The molecule has 12 heteroatoms. The summed E-state index contributed by atoms with van der Waals surface area (Å²) >= 11 is 0. The summed E-state index contributed by atoms with van der Waals surface area (Å²) in [6.07, 6.45) is -3.88. The second-order valence-corrected chi connectivity index (χ2v) is 7.27. The molecule has 2 atom stereocenters. The van der Waals surface area contributed by atoms with Crippen LogP contribution >= 0.6 is 0 Å². The number of rotatable bonds is 6. The second kappa shape index (κ2) is 9.00. The van der Waals surface area contributed by atoms with Crippen molar-refractivity contribution in [1.29, 1.82) is 0 Å². The number of hydrogen-bond acceptors (Lipinski definition) is 8. The Morgan fingerprint density at radius 3 is 2.52 bits per heavy atom. The largest absolute Gasteiger partial charge is 0.439 e. The van der Waals surface area contributed by atoms with Crippen molar-refractivity contribution in [2.45, 2.75) is 24.9 Å². The van der Waals surface area contributed by atoms with E-state index in [-0.39, 0.29) is 23.4 Å². The number of ether oxygens (including phenoxy) is 1. The van der Waals surface area contributed by atoms with Crippen LogP contribution in [0.2, 0.25) is 0 Å². The first kappa shape index (κ1) is 22.4. The van der Waals surface area contributed by atoms with Crippen LogP contribution < -0.4 is 21.1 Å². The quantitative estimate of drug-likeness (QED) is 0.441. The number of hydrogen-bond donors (Lipinski definition) is 4. The number of benzene rings is 1. The van der Waals surface area contributed by atoms with E-state index in [0.29, 0.717) is 36.3 Å². The molecule has 1 amide bonds. The third-order valence-electron chi connectivity index (χ3n) is 4.90. The van der Waals surface area contributed by atoms with E-state index in [0.717, 1.165) is 12.1 Å². The zero-order valence-electron chi connectivity index (χ0n) is 17.0. The van der Waals surface area contributed by atoms with Crippen molar-refractivity contribution in [1.82, 2.24) is 20.3 Å². The van der Waals surface area contributed by atoms with E-state index in [9.17, 15) is 23.1 Å². The Morgan fingerprint density at radius 2 is 1.94 bits per heavy atom. The van der Waals surface area contributed by atoms with Gasteiger partial charge in [0, 0.05) is 23.9 Å². The average Bonchev–Trinajstić information content (AvgIpc) is 3.18. The maximum atomic E-state index is 12.6. The number of aromatic nitrogens is 3. The summed E-state index contributed by atoms with van der Waals surface area (Å²) in [5.41, 5.74) is 5.06. The highest BCUT2D eigenvalue weighted by atomic mass is 19.4. The zero-order chi connectivity index (χ0) is 23.6. The van der Waals surface area contributed by atoms with Crippen molar-refractivity contribution in [3.05, 3.63) is 59.9 Å². The van der Waals surface area contributed by atoms with Gasteiger partial charge in [0.15, 0.2) is 5.82 Å². The van der Waals surface area contributed by atoms with Crippen LogP contribution in [0.25, 0.3) is 11.4 Å².